The molecule has 3 heterocycles. The summed E-state index contributed by atoms with van der Waals surface area (Å²) in [6.45, 7) is 1.54. The second-order valence-corrected chi connectivity index (χ2v) is 7.73. The molecule has 0 amide bonds. The average molecular weight is 488 g/mol. The van der Waals surface area contributed by atoms with Gasteiger partial charge in [0, 0.05) is 23.7 Å². The molecule has 3 aromatic rings. The maximum absolute atomic E-state index is 13.5. The second kappa shape index (κ2) is 8.13. The summed E-state index contributed by atoms with van der Waals surface area (Å²) in [6.07, 6.45) is -6.11. The molecular weight excluding hydrogens is 476 g/mol. The van der Waals surface area contributed by atoms with Crippen LogP contribution in [0.25, 0.3) is 11.6 Å². The van der Waals surface area contributed by atoms with Crippen molar-refractivity contribution < 1.29 is 30.6 Å². The minimum atomic E-state index is -5.15. The lowest BCUT2D eigenvalue weighted by molar-refractivity contribution is -0.142. The van der Waals surface area contributed by atoms with E-state index in [1.54, 1.807) is 6.07 Å². The highest BCUT2D eigenvalue weighted by Gasteiger charge is 2.40. The molecule has 4 rings (SSSR count). The van der Waals surface area contributed by atoms with Gasteiger partial charge in [0.05, 0.1) is 22.9 Å². The second-order valence-electron chi connectivity index (χ2n) is 6.76. The van der Waals surface area contributed by atoms with Crippen molar-refractivity contribution in [1.29, 1.82) is 0 Å². The first-order valence-electron chi connectivity index (χ1n) is 9.06. The summed E-state index contributed by atoms with van der Waals surface area (Å²) in [7, 11) is -2.26. The standard InChI is InChI=1S/C18H12F6N7OS/c1-9(15-27-8-28-31(15)16-25-3-2-4-26-16)29-13-7-33(32)30-14-11(13)5-10(17(19,20)21)6-12(14)18(22,23)24/h2-9,29H,1H3/q-1. The summed E-state index contributed by atoms with van der Waals surface area (Å²) >= 11 is 0. The predicted molar refractivity (Wildman–Crippen MR) is 103 cm³/mol. The van der Waals surface area contributed by atoms with Gasteiger partial charge in [0.15, 0.2) is 5.82 Å². The first-order valence-corrected chi connectivity index (χ1v) is 10.2. The first kappa shape index (κ1) is 22.7. The normalized spacial score (nSPS) is 15.4. The predicted octanol–water partition coefficient (Wildman–Crippen LogP) is 4.54. The third-order valence-electron chi connectivity index (χ3n) is 4.51. The molecule has 1 aliphatic rings. The number of nitrogens with one attached hydrogen (secondary N) is 1. The van der Waals surface area contributed by atoms with Crippen molar-refractivity contribution in [2.24, 2.45) is 4.36 Å². The quantitative estimate of drug-likeness (QED) is 0.428. The molecule has 1 N–H and O–H groups in total. The molecule has 0 aliphatic carbocycles. The number of hydrogen-bond donors (Lipinski definition) is 1. The molecule has 15 heteroatoms. The number of halogens is 6. The Kier molecular flexibility index (Phi) is 5.59. The van der Waals surface area contributed by atoms with E-state index in [-0.39, 0.29) is 23.5 Å². The summed E-state index contributed by atoms with van der Waals surface area (Å²) in [6, 6.07) is 1.24. The van der Waals surface area contributed by atoms with Gasteiger partial charge in [-0.3, -0.25) is 0 Å². The van der Waals surface area contributed by atoms with Crippen LogP contribution in [0.3, 0.4) is 0 Å². The van der Waals surface area contributed by atoms with Crippen molar-refractivity contribution in [3.05, 3.63) is 64.8 Å². The fraction of sp³-hybridized carbons (Fsp3) is 0.222. The maximum Gasteiger partial charge on any atom is 0.418 e. The van der Waals surface area contributed by atoms with Crippen LogP contribution in [0, 0.1) is 0 Å². The Bertz CT molecular complexity index is 1310. The SMILES string of the molecule is CC(NC1=C[S-](=O)=Nc2c1cc(C(F)(F)F)cc2C(F)(F)F)c1ncnn1-c1ncccn1. The molecule has 8 nitrogen and oxygen atoms in total. The number of benzene rings is 1. The van der Waals surface area contributed by atoms with Crippen molar-refractivity contribution in [3.8, 4) is 5.95 Å². The number of hydrogen-bond acceptors (Lipinski definition) is 8. The number of fused-ring (bicyclic) bond motifs is 1. The largest absolute Gasteiger partial charge is 0.440 e. The lowest BCUT2D eigenvalue weighted by atomic mass is 9.99. The van der Waals surface area contributed by atoms with Crippen LogP contribution < -0.4 is 5.32 Å². The number of alkyl halides is 6. The van der Waals surface area contributed by atoms with Gasteiger partial charge in [-0.05, 0) is 25.1 Å². The van der Waals surface area contributed by atoms with Crippen LogP contribution in [0.2, 0.25) is 0 Å². The Labute approximate surface area is 183 Å². The molecule has 2 aromatic heterocycles. The zero-order valence-electron chi connectivity index (χ0n) is 16.4. The zero-order chi connectivity index (χ0) is 24.0. The lowest BCUT2D eigenvalue weighted by Crippen LogP contribution is -2.23. The van der Waals surface area contributed by atoms with E-state index in [1.807, 2.05) is 0 Å². The first-order chi connectivity index (χ1) is 15.4. The Hall–Kier alpha value is -3.49. The van der Waals surface area contributed by atoms with E-state index in [2.05, 4.69) is 29.7 Å². The molecule has 1 aromatic carbocycles. The summed E-state index contributed by atoms with van der Waals surface area (Å²) < 4.78 is 97.4. The van der Waals surface area contributed by atoms with E-state index in [0.29, 0.717) is 6.07 Å². The van der Waals surface area contributed by atoms with Gasteiger partial charge in [-0.15, -0.1) is 5.41 Å². The lowest BCUT2D eigenvalue weighted by Gasteiger charge is -2.26. The minimum absolute atomic E-state index is 0.0464. The fourth-order valence-electron chi connectivity index (χ4n) is 3.11. The van der Waals surface area contributed by atoms with Gasteiger partial charge in [0.2, 0.25) is 0 Å². The Morgan fingerprint density at radius 1 is 1.03 bits per heavy atom. The van der Waals surface area contributed by atoms with E-state index in [1.165, 1.54) is 30.3 Å². The van der Waals surface area contributed by atoms with E-state index in [4.69, 9.17) is 0 Å². The highest BCUT2D eigenvalue weighted by atomic mass is 32.2. The topological polar surface area (TPSA) is 98.0 Å². The molecule has 1 aliphatic heterocycles. The summed E-state index contributed by atoms with van der Waals surface area (Å²) in [5, 5.41) is 7.70. The van der Waals surface area contributed by atoms with Crippen LogP contribution in [-0.2, 0) is 27.2 Å². The van der Waals surface area contributed by atoms with Crippen LogP contribution in [0.4, 0.5) is 32.0 Å². The molecule has 0 saturated heterocycles. The van der Waals surface area contributed by atoms with Gasteiger partial charge < -0.3 is 13.9 Å². The van der Waals surface area contributed by atoms with Crippen molar-refractivity contribution >= 4 is 22.0 Å². The van der Waals surface area contributed by atoms with E-state index in [0.717, 1.165) is 5.41 Å². The van der Waals surface area contributed by atoms with Crippen molar-refractivity contribution in [2.75, 3.05) is 0 Å². The molecule has 33 heavy (non-hydrogen) atoms. The smallest absolute Gasteiger partial charge is 0.418 e. The van der Waals surface area contributed by atoms with Gasteiger partial charge in [0.25, 0.3) is 5.95 Å². The molecule has 0 fully saturated rings. The van der Waals surface area contributed by atoms with Crippen molar-refractivity contribution in [3.63, 3.8) is 0 Å². The van der Waals surface area contributed by atoms with Crippen LogP contribution in [0.5, 0.6) is 0 Å². The average Bonchev–Trinajstić information content (AvgIpc) is 3.22. The Morgan fingerprint density at radius 2 is 1.73 bits per heavy atom. The highest BCUT2D eigenvalue weighted by Crippen LogP contribution is 2.45. The van der Waals surface area contributed by atoms with E-state index in [9.17, 15) is 30.6 Å². The molecule has 0 radical (unpaired) electrons. The number of rotatable bonds is 4. The fourth-order valence-corrected chi connectivity index (χ4v) is 3.93. The zero-order valence-corrected chi connectivity index (χ0v) is 17.2. The number of aromatic nitrogens is 5. The van der Waals surface area contributed by atoms with Crippen molar-refractivity contribution in [1.82, 2.24) is 30.0 Å². The third kappa shape index (κ3) is 4.53. The summed E-state index contributed by atoms with van der Waals surface area (Å²) in [4.78, 5) is 12.1. The molecule has 174 valence electrons. The summed E-state index contributed by atoms with van der Waals surface area (Å²) in [5.74, 6) is 0.355. The third-order valence-corrected chi connectivity index (χ3v) is 5.31. The monoisotopic (exact) mass is 488 g/mol. The van der Waals surface area contributed by atoms with Crippen LogP contribution >= 0.6 is 0 Å². The number of nitrogens with zero attached hydrogens (tertiary/aromatic N) is 6. The van der Waals surface area contributed by atoms with Crippen LogP contribution in [0.15, 0.2) is 46.7 Å². The molecule has 1 unspecified atom stereocenters. The maximum atomic E-state index is 13.5. The molecule has 0 saturated carbocycles. The van der Waals surface area contributed by atoms with Crippen LogP contribution in [0.1, 0.15) is 35.5 Å². The van der Waals surface area contributed by atoms with Gasteiger partial charge >= 0.3 is 12.4 Å². The minimum Gasteiger partial charge on any atom is -0.440 e. The Balaban J connectivity index is 1.79. The van der Waals surface area contributed by atoms with E-state index < -0.39 is 51.4 Å². The van der Waals surface area contributed by atoms with Crippen LogP contribution in [-0.4, -0.2) is 24.7 Å². The Morgan fingerprint density at radius 3 is 2.36 bits per heavy atom. The van der Waals surface area contributed by atoms with Gasteiger partial charge in [-0.2, -0.15) is 46.7 Å². The van der Waals surface area contributed by atoms with Gasteiger partial charge in [0.1, 0.15) is 6.33 Å². The van der Waals surface area contributed by atoms with Gasteiger partial charge in [-0.1, -0.05) is 0 Å². The molecule has 0 bridgehead atoms. The van der Waals surface area contributed by atoms with Crippen molar-refractivity contribution in [2.45, 2.75) is 25.3 Å². The summed E-state index contributed by atoms with van der Waals surface area (Å²) in [5.41, 5.74) is -4.73. The highest BCUT2D eigenvalue weighted by molar-refractivity contribution is 7.78. The van der Waals surface area contributed by atoms with Gasteiger partial charge in [-0.25, -0.2) is 15.0 Å². The molecular formula is C18H12F6N7OS-. The molecule has 1 atom stereocenters. The van der Waals surface area contributed by atoms with E-state index >= 15 is 0 Å². The molecule has 0 spiro atoms.